The van der Waals surface area contributed by atoms with Gasteiger partial charge in [-0.05, 0) is 40.5 Å². The molecule has 0 radical (unpaired) electrons. The van der Waals surface area contributed by atoms with Crippen molar-refractivity contribution >= 4 is 0 Å². The summed E-state index contributed by atoms with van der Waals surface area (Å²) in [4.78, 5) is 2.36. The van der Waals surface area contributed by atoms with Gasteiger partial charge in [-0.15, -0.1) is 0 Å². The highest BCUT2D eigenvalue weighted by Crippen LogP contribution is 2.26. The summed E-state index contributed by atoms with van der Waals surface area (Å²) in [6.07, 6.45) is -0.0314. The summed E-state index contributed by atoms with van der Waals surface area (Å²) < 4.78 is 19.0. The van der Waals surface area contributed by atoms with Crippen molar-refractivity contribution in [2.75, 3.05) is 19.7 Å². The quantitative estimate of drug-likeness (QED) is 0.651. The fourth-order valence-electron chi connectivity index (χ4n) is 3.61. The van der Waals surface area contributed by atoms with E-state index in [1.807, 2.05) is 24.3 Å². The highest BCUT2D eigenvalue weighted by atomic mass is 19.1. The van der Waals surface area contributed by atoms with E-state index >= 15 is 0 Å². The molecular weight excluding hydrogens is 351 g/mol. The van der Waals surface area contributed by atoms with Gasteiger partial charge in [-0.3, -0.25) is 4.90 Å². The summed E-state index contributed by atoms with van der Waals surface area (Å²) in [5, 5.41) is 9.30. The maximum absolute atomic E-state index is 13.2. The summed E-state index contributed by atoms with van der Waals surface area (Å²) in [7, 11) is 0. The van der Waals surface area contributed by atoms with E-state index in [0.717, 1.165) is 36.3 Å². The first-order valence-corrected chi connectivity index (χ1v) is 9.41. The molecule has 3 nitrogen and oxygen atoms in total. The van der Waals surface area contributed by atoms with Crippen LogP contribution in [0.4, 0.5) is 4.39 Å². The highest BCUT2D eigenvalue weighted by Gasteiger charge is 2.22. The van der Waals surface area contributed by atoms with Crippen LogP contribution < -0.4 is 0 Å². The Morgan fingerprint density at radius 3 is 2.50 bits per heavy atom. The lowest BCUT2D eigenvalue weighted by atomic mass is 9.99. The molecule has 1 atom stereocenters. The summed E-state index contributed by atoms with van der Waals surface area (Å²) in [6.45, 7) is 3.15. The largest absolute Gasteiger partial charge is 0.371 e. The predicted octanol–water partition coefficient (Wildman–Crippen LogP) is 4.94. The molecule has 1 unspecified atom stereocenters. The van der Waals surface area contributed by atoms with Crippen molar-refractivity contribution in [1.29, 1.82) is 5.26 Å². The van der Waals surface area contributed by atoms with E-state index in [1.165, 1.54) is 17.7 Å². The molecule has 0 aliphatic carbocycles. The molecule has 4 heteroatoms. The lowest BCUT2D eigenvalue weighted by Gasteiger charge is -2.33. The summed E-state index contributed by atoms with van der Waals surface area (Å²) >= 11 is 0. The van der Waals surface area contributed by atoms with Crippen LogP contribution in [0.25, 0.3) is 11.1 Å². The second kappa shape index (κ2) is 8.35. The van der Waals surface area contributed by atoms with E-state index in [-0.39, 0.29) is 11.9 Å². The van der Waals surface area contributed by atoms with Gasteiger partial charge in [-0.2, -0.15) is 5.26 Å². The molecule has 3 aromatic carbocycles. The molecule has 0 spiro atoms. The standard InChI is InChI=1S/C24H21FN2O/c25-22-11-9-20(10-12-22)24-17-27(13-14-28-24)16-18-5-7-19(8-6-18)23-4-2-1-3-21(23)15-26/h1-12,24H,13-14,16-17H2. The average molecular weight is 372 g/mol. The van der Waals surface area contributed by atoms with Crippen molar-refractivity contribution < 1.29 is 9.13 Å². The Morgan fingerprint density at radius 2 is 1.75 bits per heavy atom. The first-order chi connectivity index (χ1) is 13.7. The maximum Gasteiger partial charge on any atom is 0.123 e. The van der Waals surface area contributed by atoms with Gasteiger partial charge in [-0.1, -0.05) is 54.6 Å². The minimum Gasteiger partial charge on any atom is -0.371 e. The SMILES string of the molecule is N#Cc1ccccc1-c1ccc(CN2CCOC(c3ccc(F)cc3)C2)cc1. The van der Waals surface area contributed by atoms with Crippen LogP contribution >= 0.6 is 0 Å². The lowest BCUT2D eigenvalue weighted by Crippen LogP contribution is -2.37. The summed E-state index contributed by atoms with van der Waals surface area (Å²) in [5.74, 6) is -0.227. The number of rotatable bonds is 4. The Kier molecular flexibility index (Phi) is 5.48. The molecule has 1 saturated heterocycles. The van der Waals surface area contributed by atoms with Gasteiger partial charge < -0.3 is 4.74 Å². The van der Waals surface area contributed by atoms with Crippen LogP contribution in [-0.4, -0.2) is 24.6 Å². The molecule has 0 aromatic heterocycles. The third-order valence-electron chi connectivity index (χ3n) is 5.11. The van der Waals surface area contributed by atoms with E-state index in [1.54, 1.807) is 12.1 Å². The van der Waals surface area contributed by atoms with Crippen molar-refractivity contribution in [1.82, 2.24) is 4.90 Å². The number of nitriles is 1. The van der Waals surface area contributed by atoms with Gasteiger partial charge in [-0.25, -0.2) is 4.39 Å². The first kappa shape index (κ1) is 18.4. The Bertz CT molecular complexity index is 977. The number of benzene rings is 3. The zero-order chi connectivity index (χ0) is 19.3. The number of hydrogen-bond acceptors (Lipinski definition) is 3. The van der Waals surface area contributed by atoms with Crippen molar-refractivity contribution in [2.24, 2.45) is 0 Å². The third-order valence-corrected chi connectivity index (χ3v) is 5.11. The number of nitrogens with zero attached hydrogens (tertiary/aromatic N) is 2. The summed E-state index contributed by atoms with van der Waals surface area (Å²) in [5.41, 5.74) is 4.92. The molecule has 0 bridgehead atoms. The molecule has 0 N–H and O–H groups in total. The van der Waals surface area contributed by atoms with Gasteiger partial charge in [0, 0.05) is 19.6 Å². The smallest absolute Gasteiger partial charge is 0.123 e. The van der Waals surface area contributed by atoms with E-state index in [4.69, 9.17) is 4.74 Å². The van der Waals surface area contributed by atoms with Gasteiger partial charge >= 0.3 is 0 Å². The molecule has 28 heavy (non-hydrogen) atoms. The molecule has 1 heterocycles. The molecular formula is C24H21FN2O. The number of ether oxygens (including phenoxy) is 1. The van der Waals surface area contributed by atoms with Gasteiger partial charge in [0.05, 0.1) is 24.3 Å². The fourth-order valence-corrected chi connectivity index (χ4v) is 3.61. The maximum atomic E-state index is 13.2. The first-order valence-electron chi connectivity index (χ1n) is 9.41. The van der Waals surface area contributed by atoms with Crippen LogP contribution in [0.3, 0.4) is 0 Å². The Labute approximate surface area is 164 Å². The zero-order valence-electron chi connectivity index (χ0n) is 15.5. The molecule has 3 aromatic rings. The number of hydrogen-bond donors (Lipinski definition) is 0. The van der Waals surface area contributed by atoms with Crippen LogP contribution in [0.1, 0.15) is 22.8 Å². The van der Waals surface area contributed by atoms with Crippen LogP contribution in [0.15, 0.2) is 72.8 Å². The van der Waals surface area contributed by atoms with E-state index < -0.39 is 0 Å². The molecule has 4 rings (SSSR count). The van der Waals surface area contributed by atoms with Gasteiger partial charge in [0.15, 0.2) is 0 Å². The van der Waals surface area contributed by atoms with Crippen molar-refractivity contribution in [3.63, 3.8) is 0 Å². The van der Waals surface area contributed by atoms with E-state index in [9.17, 15) is 9.65 Å². The Morgan fingerprint density at radius 1 is 1.00 bits per heavy atom. The molecule has 1 aliphatic heterocycles. The van der Waals surface area contributed by atoms with E-state index in [0.29, 0.717) is 12.2 Å². The number of morpholine rings is 1. The Hall–Kier alpha value is -3.00. The Balaban J connectivity index is 1.44. The molecule has 0 amide bonds. The molecule has 140 valence electrons. The second-order valence-corrected chi connectivity index (χ2v) is 7.00. The fraction of sp³-hybridized carbons (Fsp3) is 0.208. The highest BCUT2D eigenvalue weighted by molar-refractivity contribution is 5.70. The van der Waals surface area contributed by atoms with Gasteiger partial charge in [0.2, 0.25) is 0 Å². The molecule has 1 aliphatic rings. The lowest BCUT2D eigenvalue weighted by molar-refractivity contribution is -0.0329. The predicted molar refractivity (Wildman–Crippen MR) is 107 cm³/mol. The van der Waals surface area contributed by atoms with Crippen LogP contribution in [-0.2, 0) is 11.3 Å². The average Bonchev–Trinajstić information content (AvgIpc) is 2.75. The second-order valence-electron chi connectivity index (χ2n) is 7.00. The molecule has 1 fully saturated rings. The van der Waals surface area contributed by atoms with Crippen molar-refractivity contribution in [2.45, 2.75) is 12.6 Å². The van der Waals surface area contributed by atoms with Crippen molar-refractivity contribution in [3.8, 4) is 17.2 Å². The third kappa shape index (κ3) is 4.12. The van der Waals surface area contributed by atoms with Crippen LogP contribution in [0, 0.1) is 17.1 Å². The monoisotopic (exact) mass is 372 g/mol. The van der Waals surface area contributed by atoms with Crippen LogP contribution in [0.2, 0.25) is 0 Å². The van der Waals surface area contributed by atoms with E-state index in [2.05, 4.69) is 35.2 Å². The minimum absolute atomic E-state index is 0.0314. The van der Waals surface area contributed by atoms with Crippen molar-refractivity contribution in [3.05, 3.63) is 95.3 Å². The normalized spacial score (nSPS) is 17.2. The van der Waals surface area contributed by atoms with Gasteiger partial charge in [0.25, 0.3) is 0 Å². The summed E-state index contributed by atoms with van der Waals surface area (Å²) in [6, 6.07) is 24.8. The minimum atomic E-state index is -0.227. The topological polar surface area (TPSA) is 36.3 Å². The molecule has 0 saturated carbocycles. The number of halogens is 1. The van der Waals surface area contributed by atoms with Gasteiger partial charge in [0.1, 0.15) is 5.82 Å². The van der Waals surface area contributed by atoms with Crippen LogP contribution in [0.5, 0.6) is 0 Å². The zero-order valence-corrected chi connectivity index (χ0v) is 15.5.